The molecule has 0 saturated carbocycles. The van der Waals surface area contributed by atoms with E-state index in [0.717, 1.165) is 49.1 Å². The highest BCUT2D eigenvalue weighted by Gasteiger charge is 2.07. The van der Waals surface area contributed by atoms with Crippen molar-refractivity contribution in [3.8, 4) is 0 Å². The molecule has 2 rings (SSSR count). The van der Waals surface area contributed by atoms with Crippen LogP contribution in [0.5, 0.6) is 0 Å². The Hall–Kier alpha value is -2.17. The molecule has 1 aromatic carbocycles. The van der Waals surface area contributed by atoms with Crippen molar-refractivity contribution in [2.24, 2.45) is 0 Å². The summed E-state index contributed by atoms with van der Waals surface area (Å²) in [5, 5.41) is 3.32. The Morgan fingerprint density at radius 1 is 1.09 bits per heavy atom. The molecule has 0 atom stereocenters. The molecule has 1 aromatic heterocycles. The van der Waals surface area contributed by atoms with Crippen molar-refractivity contribution in [3.63, 3.8) is 0 Å². The maximum atomic E-state index is 12.9. The molecule has 0 spiro atoms. The van der Waals surface area contributed by atoms with Gasteiger partial charge < -0.3 is 10.2 Å². The molecule has 0 unspecified atom stereocenters. The van der Waals surface area contributed by atoms with Crippen LogP contribution in [-0.4, -0.2) is 29.6 Å². The van der Waals surface area contributed by atoms with Gasteiger partial charge in [-0.05, 0) is 44.9 Å². The Morgan fingerprint density at radius 2 is 1.77 bits per heavy atom. The van der Waals surface area contributed by atoms with Crippen LogP contribution in [0.15, 0.2) is 30.3 Å². The van der Waals surface area contributed by atoms with E-state index in [2.05, 4.69) is 34.0 Å². The second-order valence-corrected chi connectivity index (χ2v) is 5.17. The van der Waals surface area contributed by atoms with E-state index in [4.69, 9.17) is 0 Å². The summed E-state index contributed by atoms with van der Waals surface area (Å²) >= 11 is 0. The van der Waals surface area contributed by atoms with Gasteiger partial charge in [0.1, 0.15) is 11.6 Å². The minimum absolute atomic E-state index is 0.202. The predicted molar refractivity (Wildman–Crippen MR) is 88.9 cm³/mol. The van der Waals surface area contributed by atoms with Gasteiger partial charge in [-0.1, -0.05) is 12.1 Å². The highest BCUT2D eigenvalue weighted by atomic mass is 19.1. The third kappa shape index (κ3) is 4.41. The number of halogens is 1. The molecule has 0 fully saturated rings. The van der Waals surface area contributed by atoms with Crippen molar-refractivity contribution in [1.82, 2.24) is 9.97 Å². The molecule has 0 aliphatic heterocycles. The standard InChI is InChI=1S/C17H23FN4/c1-4-22(5-2)17-20-13(3)12-16(21-17)19-11-10-14-6-8-15(18)9-7-14/h6-9,12H,4-5,10-11H2,1-3H3,(H,19,20,21). The molecule has 118 valence electrons. The number of aromatic nitrogens is 2. The number of rotatable bonds is 7. The fourth-order valence-corrected chi connectivity index (χ4v) is 2.28. The van der Waals surface area contributed by atoms with E-state index in [1.165, 1.54) is 12.1 Å². The lowest BCUT2D eigenvalue weighted by Gasteiger charge is -2.19. The Bertz CT molecular complexity index is 594. The Balaban J connectivity index is 1.98. The topological polar surface area (TPSA) is 41.1 Å². The molecule has 4 nitrogen and oxygen atoms in total. The second-order valence-electron chi connectivity index (χ2n) is 5.17. The summed E-state index contributed by atoms with van der Waals surface area (Å²) in [6.07, 6.45) is 0.823. The molecule has 0 aliphatic carbocycles. The van der Waals surface area contributed by atoms with Gasteiger partial charge in [0.05, 0.1) is 0 Å². The maximum absolute atomic E-state index is 12.9. The minimum atomic E-state index is -0.202. The average molecular weight is 302 g/mol. The molecule has 0 bridgehead atoms. The van der Waals surface area contributed by atoms with Crippen molar-refractivity contribution in [2.45, 2.75) is 27.2 Å². The average Bonchev–Trinajstić information content (AvgIpc) is 2.50. The van der Waals surface area contributed by atoms with Crippen molar-refractivity contribution in [1.29, 1.82) is 0 Å². The van der Waals surface area contributed by atoms with Gasteiger partial charge in [-0.25, -0.2) is 9.37 Å². The zero-order chi connectivity index (χ0) is 15.9. The van der Waals surface area contributed by atoms with Gasteiger partial charge in [0.2, 0.25) is 5.95 Å². The van der Waals surface area contributed by atoms with Gasteiger partial charge in [0.15, 0.2) is 0 Å². The van der Waals surface area contributed by atoms with E-state index in [1.807, 2.05) is 25.1 Å². The van der Waals surface area contributed by atoms with E-state index >= 15 is 0 Å². The summed E-state index contributed by atoms with van der Waals surface area (Å²) in [4.78, 5) is 11.2. The van der Waals surface area contributed by atoms with E-state index < -0.39 is 0 Å². The van der Waals surface area contributed by atoms with Crippen molar-refractivity contribution < 1.29 is 4.39 Å². The second kappa shape index (κ2) is 7.73. The van der Waals surface area contributed by atoms with Crippen molar-refractivity contribution >= 4 is 11.8 Å². The highest BCUT2D eigenvalue weighted by molar-refractivity contribution is 5.43. The molecule has 0 saturated heterocycles. The molecule has 22 heavy (non-hydrogen) atoms. The highest BCUT2D eigenvalue weighted by Crippen LogP contribution is 2.13. The van der Waals surface area contributed by atoms with E-state index in [-0.39, 0.29) is 5.82 Å². The predicted octanol–water partition coefficient (Wildman–Crippen LogP) is 3.42. The molecule has 5 heteroatoms. The van der Waals surface area contributed by atoms with Crippen LogP contribution in [0.2, 0.25) is 0 Å². The van der Waals surface area contributed by atoms with Crippen LogP contribution in [0.4, 0.5) is 16.2 Å². The molecule has 0 radical (unpaired) electrons. The van der Waals surface area contributed by atoms with Gasteiger partial charge in [-0.2, -0.15) is 4.98 Å². The smallest absolute Gasteiger partial charge is 0.227 e. The maximum Gasteiger partial charge on any atom is 0.227 e. The van der Waals surface area contributed by atoms with Crippen LogP contribution in [0.3, 0.4) is 0 Å². The van der Waals surface area contributed by atoms with E-state index in [1.54, 1.807) is 0 Å². The van der Waals surface area contributed by atoms with Gasteiger partial charge in [-0.15, -0.1) is 0 Å². The number of anilines is 2. The zero-order valence-corrected chi connectivity index (χ0v) is 13.4. The molecule has 1 N–H and O–H groups in total. The number of nitrogens with one attached hydrogen (secondary N) is 1. The summed E-state index contributed by atoms with van der Waals surface area (Å²) in [6.45, 7) is 8.68. The van der Waals surface area contributed by atoms with E-state index in [9.17, 15) is 4.39 Å². The number of aryl methyl sites for hydroxylation is 1. The lowest BCUT2D eigenvalue weighted by molar-refractivity contribution is 0.627. The molecule has 2 aromatic rings. The first-order valence-corrected chi connectivity index (χ1v) is 7.71. The molecular formula is C17H23FN4. The number of nitrogens with zero attached hydrogens (tertiary/aromatic N) is 3. The lowest BCUT2D eigenvalue weighted by atomic mass is 10.1. The van der Waals surface area contributed by atoms with E-state index in [0.29, 0.717) is 0 Å². The SMILES string of the molecule is CCN(CC)c1nc(C)cc(NCCc2ccc(F)cc2)n1. The fourth-order valence-electron chi connectivity index (χ4n) is 2.28. The fraction of sp³-hybridized carbons (Fsp3) is 0.412. The first kappa shape index (κ1) is 16.2. The van der Waals surface area contributed by atoms with Crippen LogP contribution in [-0.2, 0) is 6.42 Å². The summed E-state index contributed by atoms with van der Waals surface area (Å²) in [7, 11) is 0. The molecule has 0 amide bonds. The Labute approximate surface area is 131 Å². The summed E-state index contributed by atoms with van der Waals surface area (Å²) < 4.78 is 12.9. The largest absolute Gasteiger partial charge is 0.370 e. The normalized spacial score (nSPS) is 10.5. The van der Waals surface area contributed by atoms with Gasteiger partial charge in [0, 0.05) is 31.4 Å². The number of hydrogen-bond acceptors (Lipinski definition) is 4. The van der Waals surface area contributed by atoms with Crippen LogP contribution >= 0.6 is 0 Å². The first-order chi connectivity index (χ1) is 10.6. The van der Waals surface area contributed by atoms with Crippen LogP contribution in [0.25, 0.3) is 0 Å². The third-order valence-electron chi connectivity index (χ3n) is 3.52. The Morgan fingerprint density at radius 3 is 2.41 bits per heavy atom. The Kier molecular flexibility index (Phi) is 5.69. The van der Waals surface area contributed by atoms with Crippen LogP contribution in [0.1, 0.15) is 25.1 Å². The first-order valence-electron chi connectivity index (χ1n) is 7.71. The van der Waals surface area contributed by atoms with Gasteiger partial charge in [0.25, 0.3) is 0 Å². The van der Waals surface area contributed by atoms with Crippen LogP contribution in [0, 0.1) is 12.7 Å². The van der Waals surface area contributed by atoms with Gasteiger partial charge in [-0.3, -0.25) is 0 Å². The quantitative estimate of drug-likeness (QED) is 0.851. The van der Waals surface area contributed by atoms with Crippen molar-refractivity contribution in [2.75, 3.05) is 29.9 Å². The minimum Gasteiger partial charge on any atom is -0.370 e. The summed E-state index contributed by atoms with van der Waals surface area (Å²) in [5.74, 6) is 1.39. The monoisotopic (exact) mass is 302 g/mol. The summed E-state index contributed by atoms with van der Waals surface area (Å²) in [6, 6.07) is 8.54. The number of hydrogen-bond donors (Lipinski definition) is 1. The third-order valence-corrected chi connectivity index (χ3v) is 3.52. The summed E-state index contributed by atoms with van der Waals surface area (Å²) in [5.41, 5.74) is 2.05. The van der Waals surface area contributed by atoms with Gasteiger partial charge >= 0.3 is 0 Å². The van der Waals surface area contributed by atoms with Crippen LogP contribution < -0.4 is 10.2 Å². The number of benzene rings is 1. The lowest BCUT2D eigenvalue weighted by Crippen LogP contribution is -2.25. The molecule has 1 heterocycles. The molecule has 0 aliphatic rings. The van der Waals surface area contributed by atoms with Crippen molar-refractivity contribution in [3.05, 3.63) is 47.4 Å². The zero-order valence-electron chi connectivity index (χ0n) is 13.4. The molecular weight excluding hydrogens is 279 g/mol.